The fourth-order valence-corrected chi connectivity index (χ4v) is 2.84. The Kier molecular flexibility index (Phi) is 7.11. The SMILES string of the molecule is CCCCOc1ccc(C(=O)Nc2ccc(OC[C@@H]3CCCO3)cc2)cc1. The normalized spacial score (nSPS) is 16.1. The molecule has 0 spiro atoms. The zero-order chi connectivity index (χ0) is 18.9. The molecular formula is C22H27NO4. The van der Waals surface area contributed by atoms with Crippen molar-refractivity contribution < 1.29 is 19.0 Å². The minimum absolute atomic E-state index is 0.150. The lowest BCUT2D eigenvalue weighted by Gasteiger charge is -2.12. The first kappa shape index (κ1) is 19.2. The molecule has 2 aromatic rings. The Morgan fingerprint density at radius 2 is 1.78 bits per heavy atom. The summed E-state index contributed by atoms with van der Waals surface area (Å²) < 4.78 is 16.9. The quantitative estimate of drug-likeness (QED) is 0.652. The van der Waals surface area contributed by atoms with E-state index < -0.39 is 0 Å². The van der Waals surface area contributed by atoms with E-state index in [2.05, 4.69) is 12.2 Å². The van der Waals surface area contributed by atoms with E-state index in [1.165, 1.54) is 0 Å². The fourth-order valence-electron chi connectivity index (χ4n) is 2.84. The Morgan fingerprint density at radius 1 is 1.07 bits per heavy atom. The van der Waals surface area contributed by atoms with Crippen LogP contribution < -0.4 is 14.8 Å². The molecule has 1 atom stereocenters. The predicted octanol–water partition coefficient (Wildman–Crippen LogP) is 4.68. The third kappa shape index (κ3) is 6.00. The molecule has 2 aromatic carbocycles. The Morgan fingerprint density at radius 3 is 2.44 bits per heavy atom. The highest BCUT2D eigenvalue weighted by Crippen LogP contribution is 2.19. The van der Waals surface area contributed by atoms with Gasteiger partial charge in [-0.15, -0.1) is 0 Å². The second-order valence-electron chi connectivity index (χ2n) is 6.65. The highest BCUT2D eigenvalue weighted by Gasteiger charge is 2.16. The van der Waals surface area contributed by atoms with Crippen molar-refractivity contribution in [3.8, 4) is 11.5 Å². The van der Waals surface area contributed by atoms with Crippen molar-refractivity contribution in [2.75, 3.05) is 25.1 Å². The fraction of sp³-hybridized carbons (Fsp3) is 0.409. The molecule has 0 aliphatic carbocycles. The number of hydrogen-bond donors (Lipinski definition) is 1. The molecule has 1 fully saturated rings. The van der Waals surface area contributed by atoms with E-state index in [0.717, 1.165) is 49.5 Å². The first-order chi connectivity index (χ1) is 13.2. The topological polar surface area (TPSA) is 56.8 Å². The molecule has 1 N–H and O–H groups in total. The minimum atomic E-state index is -0.150. The van der Waals surface area contributed by atoms with Gasteiger partial charge in [0, 0.05) is 17.9 Å². The molecule has 1 amide bonds. The number of benzene rings is 2. The van der Waals surface area contributed by atoms with Crippen LogP contribution >= 0.6 is 0 Å². The molecule has 144 valence electrons. The van der Waals surface area contributed by atoms with Crippen molar-refractivity contribution in [2.24, 2.45) is 0 Å². The number of hydrogen-bond acceptors (Lipinski definition) is 4. The Balaban J connectivity index is 1.48. The first-order valence-electron chi connectivity index (χ1n) is 9.63. The summed E-state index contributed by atoms with van der Waals surface area (Å²) in [5, 5.41) is 2.89. The van der Waals surface area contributed by atoms with Gasteiger partial charge in [-0.1, -0.05) is 13.3 Å². The van der Waals surface area contributed by atoms with Crippen LogP contribution in [0.5, 0.6) is 11.5 Å². The summed E-state index contributed by atoms with van der Waals surface area (Å²) in [5.74, 6) is 1.41. The van der Waals surface area contributed by atoms with Crippen molar-refractivity contribution in [3.63, 3.8) is 0 Å². The van der Waals surface area contributed by atoms with Crippen LogP contribution in [0, 0.1) is 0 Å². The molecule has 1 aliphatic heterocycles. The summed E-state index contributed by atoms with van der Waals surface area (Å²) in [7, 11) is 0. The number of carbonyl (C=O) groups is 1. The second kappa shape index (κ2) is 9.97. The standard InChI is InChI=1S/C22H27NO4/c1-2-3-14-25-19-10-6-17(7-11-19)22(24)23-18-8-12-20(13-9-18)27-16-21-5-4-15-26-21/h6-13,21H,2-5,14-16H2,1H3,(H,23,24)/t21-/m0/s1. The van der Waals surface area contributed by atoms with E-state index in [9.17, 15) is 4.79 Å². The van der Waals surface area contributed by atoms with E-state index in [-0.39, 0.29) is 12.0 Å². The number of unbranched alkanes of at least 4 members (excludes halogenated alkanes) is 1. The predicted molar refractivity (Wildman–Crippen MR) is 106 cm³/mol. The van der Waals surface area contributed by atoms with Crippen LogP contribution in [0.15, 0.2) is 48.5 Å². The maximum atomic E-state index is 12.4. The van der Waals surface area contributed by atoms with Crippen LogP contribution in [0.25, 0.3) is 0 Å². The average molecular weight is 369 g/mol. The second-order valence-corrected chi connectivity index (χ2v) is 6.65. The van der Waals surface area contributed by atoms with E-state index in [4.69, 9.17) is 14.2 Å². The molecule has 5 heteroatoms. The summed E-state index contributed by atoms with van der Waals surface area (Å²) in [6, 6.07) is 14.6. The number of anilines is 1. The molecule has 0 aromatic heterocycles. The smallest absolute Gasteiger partial charge is 0.255 e. The van der Waals surface area contributed by atoms with Gasteiger partial charge in [0.15, 0.2) is 0 Å². The zero-order valence-corrected chi connectivity index (χ0v) is 15.8. The molecule has 0 saturated carbocycles. The Hall–Kier alpha value is -2.53. The third-order valence-corrected chi connectivity index (χ3v) is 4.46. The van der Waals surface area contributed by atoms with E-state index in [1.54, 1.807) is 12.1 Å². The number of nitrogens with one attached hydrogen (secondary N) is 1. The van der Waals surface area contributed by atoms with Crippen LogP contribution in [0.2, 0.25) is 0 Å². The molecule has 0 bridgehead atoms. The maximum absolute atomic E-state index is 12.4. The summed E-state index contributed by atoms with van der Waals surface area (Å²) in [4.78, 5) is 12.4. The van der Waals surface area contributed by atoms with E-state index in [0.29, 0.717) is 18.8 Å². The van der Waals surface area contributed by atoms with Crippen LogP contribution in [0.4, 0.5) is 5.69 Å². The molecule has 3 rings (SSSR count). The van der Waals surface area contributed by atoms with Crippen molar-refractivity contribution in [2.45, 2.75) is 38.7 Å². The summed E-state index contributed by atoms with van der Waals surface area (Å²) in [5.41, 5.74) is 1.32. The molecule has 0 radical (unpaired) electrons. The lowest BCUT2D eigenvalue weighted by molar-refractivity contribution is 0.0679. The van der Waals surface area contributed by atoms with Gasteiger partial charge in [0.05, 0.1) is 12.7 Å². The summed E-state index contributed by atoms with van der Waals surface area (Å²) in [6.07, 6.45) is 4.47. The zero-order valence-electron chi connectivity index (χ0n) is 15.8. The van der Waals surface area contributed by atoms with E-state index in [1.807, 2.05) is 36.4 Å². The molecule has 27 heavy (non-hydrogen) atoms. The van der Waals surface area contributed by atoms with Crippen molar-refractivity contribution in [3.05, 3.63) is 54.1 Å². The monoisotopic (exact) mass is 369 g/mol. The number of ether oxygens (including phenoxy) is 3. The maximum Gasteiger partial charge on any atom is 0.255 e. The van der Waals surface area contributed by atoms with Gasteiger partial charge in [-0.25, -0.2) is 0 Å². The minimum Gasteiger partial charge on any atom is -0.494 e. The highest BCUT2D eigenvalue weighted by molar-refractivity contribution is 6.04. The van der Waals surface area contributed by atoms with Crippen molar-refractivity contribution in [1.82, 2.24) is 0 Å². The number of rotatable bonds is 9. The van der Waals surface area contributed by atoms with Gasteiger partial charge < -0.3 is 19.5 Å². The molecular weight excluding hydrogens is 342 g/mol. The van der Waals surface area contributed by atoms with Crippen LogP contribution in [-0.2, 0) is 4.74 Å². The van der Waals surface area contributed by atoms with Crippen molar-refractivity contribution in [1.29, 1.82) is 0 Å². The van der Waals surface area contributed by atoms with Crippen molar-refractivity contribution >= 4 is 11.6 Å². The summed E-state index contributed by atoms with van der Waals surface area (Å²) in [6.45, 7) is 4.21. The molecule has 1 saturated heterocycles. The van der Waals surface area contributed by atoms with Crippen LogP contribution in [-0.4, -0.2) is 31.8 Å². The number of carbonyl (C=O) groups excluding carboxylic acids is 1. The lowest BCUT2D eigenvalue weighted by atomic mass is 10.2. The van der Waals surface area contributed by atoms with Gasteiger partial charge in [-0.05, 0) is 67.8 Å². The average Bonchev–Trinajstić information content (AvgIpc) is 3.22. The van der Waals surface area contributed by atoms with Gasteiger partial charge >= 0.3 is 0 Å². The summed E-state index contributed by atoms with van der Waals surface area (Å²) >= 11 is 0. The van der Waals surface area contributed by atoms with Gasteiger partial charge in [0.1, 0.15) is 18.1 Å². The highest BCUT2D eigenvalue weighted by atomic mass is 16.5. The van der Waals surface area contributed by atoms with Crippen LogP contribution in [0.3, 0.4) is 0 Å². The van der Waals surface area contributed by atoms with Gasteiger partial charge in [-0.2, -0.15) is 0 Å². The Labute approximate surface area is 160 Å². The molecule has 5 nitrogen and oxygen atoms in total. The van der Waals surface area contributed by atoms with Gasteiger partial charge in [-0.3, -0.25) is 4.79 Å². The Bertz CT molecular complexity index is 706. The lowest BCUT2D eigenvalue weighted by Crippen LogP contribution is -2.16. The third-order valence-electron chi connectivity index (χ3n) is 4.46. The first-order valence-corrected chi connectivity index (χ1v) is 9.63. The van der Waals surface area contributed by atoms with Gasteiger partial charge in [0.25, 0.3) is 5.91 Å². The van der Waals surface area contributed by atoms with Gasteiger partial charge in [0.2, 0.25) is 0 Å². The number of amides is 1. The molecule has 0 unspecified atom stereocenters. The largest absolute Gasteiger partial charge is 0.494 e. The van der Waals surface area contributed by atoms with Crippen LogP contribution in [0.1, 0.15) is 43.0 Å². The van der Waals surface area contributed by atoms with E-state index >= 15 is 0 Å². The molecule has 1 heterocycles. The molecule has 1 aliphatic rings.